The highest BCUT2D eigenvalue weighted by atomic mass is 16.5. The fourth-order valence-corrected chi connectivity index (χ4v) is 3.99. The molecule has 0 fully saturated rings. The maximum Gasteiger partial charge on any atom is 0.262 e. The summed E-state index contributed by atoms with van der Waals surface area (Å²) in [7, 11) is 3.27. The van der Waals surface area contributed by atoms with E-state index in [2.05, 4.69) is 6.92 Å². The van der Waals surface area contributed by atoms with E-state index in [9.17, 15) is 4.79 Å². The van der Waals surface area contributed by atoms with E-state index in [4.69, 9.17) is 20.2 Å². The number of methoxy groups -OCH3 is 2. The predicted octanol–water partition coefficient (Wildman–Crippen LogP) is 4.59. The van der Waals surface area contributed by atoms with E-state index in [0.717, 1.165) is 34.9 Å². The van der Waals surface area contributed by atoms with E-state index in [1.165, 1.54) is 0 Å². The summed E-state index contributed by atoms with van der Waals surface area (Å²) in [6, 6.07) is 20.5. The third kappa shape index (κ3) is 4.04. The van der Waals surface area contributed by atoms with Crippen LogP contribution in [0.4, 0.5) is 5.69 Å². The van der Waals surface area contributed by atoms with Gasteiger partial charge in [-0.1, -0.05) is 31.2 Å². The van der Waals surface area contributed by atoms with Gasteiger partial charge < -0.3 is 15.2 Å². The Kier molecular flexibility index (Phi) is 6.12. The molecule has 0 atom stereocenters. The van der Waals surface area contributed by atoms with Gasteiger partial charge in [0, 0.05) is 12.1 Å². The Labute approximate surface area is 187 Å². The Bertz CT molecular complexity index is 1230. The Morgan fingerprint density at radius 3 is 1.97 bits per heavy atom. The highest BCUT2D eigenvalue weighted by Crippen LogP contribution is 2.30. The van der Waals surface area contributed by atoms with Gasteiger partial charge in [0.1, 0.15) is 17.3 Å². The van der Waals surface area contributed by atoms with Gasteiger partial charge in [0.15, 0.2) is 0 Å². The molecule has 32 heavy (non-hydrogen) atoms. The molecule has 0 saturated heterocycles. The van der Waals surface area contributed by atoms with Crippen molar-refractivity contribution in [3.63, 3.8) is 0 Å². The average Bonchev–Trinajstić information content (AvgIpc) is 2.82. The molecule has 4 rings (SSSR count). The lowest BCUT2D eigenvalue weighted by molar-refractivity contribution is 0.414. The molecule has 0 aliphatic rings. The van der Waals surface area contributed by atoms with Crippen LogP contribution in [-0.2, 0) is 6.42 Å². The number of hydrogen-bond acceptors (Lipinski definition) is 5. The average molecular weight is 430 g/mol. The zero-order valence-corrected chi connectivity index (χ0v) is 18.5. The molecular formula is C26H27N3O3. The van der Waals surface area contributed by atoms with E-state index in [1.54, 1.807) is 30.9 Å². The van der Waals surface area contributed by atoms with Crippen LogP contribution in [0.25, 0.3) is 10.9 Å². The van der Waals surface area contributed by atoms with Crippen molar-refractivity contribution in [2.75, 3.05) is 20.0 Å². The van der Waals surface area contributed by atoms with Gasteiger partial charge in [-0.05, 0) is 60.0 Å². The smallest absolute Gasteiger partial charge is 0.262 e. The number of aryl methyl sites for hydroxylation is 1. The summed E-state index contributed by atoms with van der Waals surface area (Å²) in [6.07, 6.45) is 1.54. The SMILES string of the molecule is CCCc1nc2ccc(N)cc2c(=O)n1C(c1ccc(OC)cc1)c1ccc(OC)cc1. The molecule has 6 nitrogen and oxygen atoms in total. The molecule has 0 unspecified atom stereocenters. The van der Waals surface area contributed by atoms with Crippen LogP contribution in [0.5, 0.6) is 11.5 Å². The van der Waals surface area contributed by atoms with E-state index < -0.39 is 0 Å². The van der Waals surface area contributed by atoms with Gasteiger partial charge in [0.05, 0.1) is 31.2 Å². The molecular weight excluding hydrogens is 402 g/mol. The van der Waals surface area contributed by atoms with Crippen LogP contribution in [0.1, 0.15) is 36.3 Å². The summed E-state index contributed by atoms with van der Waals surface area (Å²) in [5.74, 6) is 2.26. The van der Waals surface area contributed by atoms with Crippen molar-refractivity contribution in [2.24, 2.45) is 0 Å². The molecule has 1 heterocycles. The molecule has 1 aromatic heterocycles. The quantitative estimate of drug-likeness (QED) is 0.435. The minimum absolute atomic E-state index is 0.109. The number of ether oxygens (including phenoxy) is 2. The number of nitrogens with two attached hydrogens (primary N) is 1. The normalized spacial score (nSPS) is 11.1. The minimum Gasteiger partial charge on any atom is -0.497 e. The molecule has 4 aromatic rings. The summed E-state index contributed by atoms with van der Waals surface area (Å²) >= 11 is 0. The second-order valence-corrected chi connectivity index (χ2v) is 7.68. The molecule has 0 saturated carbocycles. The molecule has 0 radical (unpaired) electrons. The Hall–Kier alpha value is -3.80. The van der Waals surface area contributed by atoms with E-state index in [0.29, 0.717) is 23.0 Å². The van der Waals surface area contributed by atoms with Gasteiger partial charge in [-0.2, -0.15) is 0 Å². The monoisotopic (exact) mass is 429 g/mol. The van der Waals surface area contributed by atoms with Crippen molar-refractivity contribution in [1.82, 2.24) is 9.55 Å². The van der Waals surface area contributed by atoms with Gasteiger partial charge in [0.25, 0.3) is 5.56 Å². The molecule has 3 aromatic carbocycles. The molecule has 2 N–H and O–H groups in total. The lowest BCUT2D eigenvalue weighted by Crippen LogP contribution is -2.31. The van der Waals surface area contributed by atoms with Crippen LogP contribution in [0.15, 0.2) is 71.5 Å². The Morgan fingerprint density at radius 1 is 0.906 bits per heavy atom. The van der Waals surface area contributed by atoms with Crippen LogP contribution < -0.4 is 20.8 Å². The third-order valence-corrected chi connectivity index (χ3v) is 5.59. The Morgan fingerprint density at radius 2 is 1.47 bits per heavy atom. The number of aromatic nitrogens is 2. The highest BCUT2D eigenvalue weighted by molar-refractivity contribution is 5.81. The van der Waals surface area contributed by atoms with Crippen LogP contribution in [0, 0.1) is 0 Å². The fourth-order valence-electron chi connectivity index (χ4n) is 3.99. The zero-order valence-electron chi connectivity index (χ0n) is 18.5. The summed E-state index contributed by atoms with van der Waals surface area (Å²) in [4.78, 5) is 18.7. The molecule has 0 aliphatic carbocycles. The molecule has 6 heteroatoms. The zero-order chi connectivity index (χ0) is 22.7. The van der Waals surface area contributed by atoms with Crippen molar-refractivity contribution < 1.29 is 9.47 Å². The lowest BCUT2D eigenvalue weighted by atomic mass is 9.97. The highest BCUT2D eigenvalue weighted by Gasteiger charge is 2.23. The molecule has 0 spiro atoms. The number of rotatable bonds is 7. The minimum atomic E-state index is -0.362. The standard InChI is InChI=1S/C26H27N3O3/c1-4-5-24-28-23-15-10-19(27)16-22(23)26(30)29(24)25(17-6-11-20(31-2)12-7-17)18-8-13-21(32-3)14-9-18/h6-16,25H,4-5,27H2,1-3H3. The number of anilines is 1. The van der Waals surface area contributed by atoms with Gasteiger partial charge in [-0.15, -0.1) is 0 Å². The topological polar surface area (TPSA) is 79.4 Å². The second-order valence-electron chi connectivity index (χ2n) is 7.68. The lowest BCUT2D eigenvalue weighted by Gasteiger charge is -2.25. The summed E-state index contributed by atoms with van der Waals surface area (Å²) in [5.41, 5.74) is 9.00. The maximum atomic E-state index is 13.8. The van der Waals surface area contributed by atoms with Crippen molar-refractivity contribution in [3.05, 3.63) is 94.0 Å². The van der Waals surface area contributed by atoms with Gasteiger partial charge in [0.2, 0.25) is 0 Å². The van der Waals surface area contributed by atoms with Crippen molar-refractivity contribution >= 4 is 16.6 Å². The summed E-state index contributed by atoms with van der Waals surface area (Å²) in [5, 5.41) is 0.511. The maximum absolute atomic E-state index is 13.8. The van der Waals surface area contributed by atoms with Gasteiger partial charge in [-0.25, -0.2) is 4.98 Å². The van der Waals surface area contributed by atoms with Crippen LogP contribution in [-0.4, -0.2) is 23.8 Å². The summed E-state index contributed by atoms with van der Waals surface area (Å²) in [6.45, 7) is 2.08. The largest absolute Gasteiger partial charge is 0.497 e. The first kappa shape index (κ1) is 21.4. The molecule has 0 amide bonds. The number of benzene rings is 3. The number of nitrogen functional groups attached to an aromatic ring is 1. The molecule has 164 valence electrons. The summed E-state index contributed by atoms with van der Waals surface area (Å²) < 4.78 is 12.5. The first-order chi connectivity index (χ1) is 15.5. The van der Waals surface area contributed by atoms with E-state index in [-0.39, 0.29) is 11.6 Å². The van der Waals surface area contributed by atoms with Gasteiger partial charge >= 0.3 is 0 Å². The van der Waals surface area contributed by atoms with Crippen LogP contribution >= 0.6 is 0 Å². The Balaban J connectivity index is 2.01. The van der Waals surface area contributed by atoms with E-state index >= 15 is 0 Å². The predicted molar refractivity (Wildman–Crippen MR) is 128 cm³/mol. The van der Waals surface area contributed by atoms with Gasteiger partial charge in [-0.3, -0.25) is 9.36 Å². The molecule has 0 aliphatic heterocycles. The van der Waals surface area contributed by atoms with Crippen LogP contribution in [0.2, 0.25) is 0 Å². The van der Waals surface area contributed by atoms with Crippen molar-refractivity contribution in [1.29, 1.82) is 0 Å². The first-order valence-corrected chi connectivity index (χ1v) is 10.6. The third-order valence-electron chi connectivity index (χ3n) is 5.59. The van der Waals surface area contributed by atoms with E-state index in [1.807, 2.05) is 54.6 Å². The van der Waals surface area contributed by atoms with Crippen molar-refractivity contribution in [3.8, 4) is 11.5 Å². The fraction of sp³-hybridized carbons (Fsp3) is 0.231. The number of fused-ring (bicyclic) bond motifs is 1. The van der Waals surface area contributed by atoms with Crippen LogP contribution in [0.3, 0.4) is 0 Å². The number of hydrogen-bond donors (Lipinski definition) is 1. The number of nitrogens with zero attached hydrogens (tertiary/aromatic N) is 2. The second kappa shape index (κ2) is 9.14. The first-order valence-electron chi connectivity index (χ1n) is 10.6. The van der Waals surface area contributed by atoms with Crippen molar-refractivity contribution in [2.45, 2.75) is 25.8 Å². The molecule has 0 bridgehead atoms.